The van der Waals surface area contributed by atoms with Crippen LogP contribution in [0.15, 0.2) is 30.5 Å². The number of carbonyl (C=O) groups is 1. The van der Waals surface area contributed by atoms with Crippen molar-refractivity contribution in [3.05, 3.63) is 36.0 Å². The molecule has 0 saturated heterocycles. The van der Waals surface area contributed by atoms with Gasteiger partial charge in [-0.25, -0.2) is 0 Å². The van der Waals surface area contributed by atoms with Crippen molar-refractivity contribution in [3.63, 3.8) is 0 Å². The molecule has 1 atom stereocenters. The number of pyridine rings is 1. The van der Waals surface area contributed by atoms with Gasteiger partial charge in [-0.2, -0.15) is 0 Å². The van der Waals surface area contributed by atoms with Gasteiger partial charge in [0.25, 0.3) is 0 Å². The Morgan fingerprint density at radius 2 is 2.18 bits per heavy atom. The van der Waals surface area contributed by atoms with Gasteiger partial charge in [-0.1, -0.05) is 19.1 Å². The van der Waals surface area contributed by atoms with Crippen LogP contribution in [0.2, 0.25) is 0 Å². The van der Waals surface area contributed by atoms with Crippen molar-refractivity contribution in [2.24, 2.45) is 0 Å². The van der Waals surface area contributed by atoms with E-state index in [0.717, 1.165) is 0 Å². The molecule has 17 heavy (non-hydrogen) atoms. The number of phenolic OH excluding ortho intramolecular Hbond substituents is 1. The Morgan fingerprint density at radius 1 is 1.41 bits per heavy atom. The Balaban J connectivity index is 2.70. The number of hydrogen-bond acceptors (Lipinski definition) is 3. The molecule has 0 bridgehead atoms. The summed E-state index contributed by atoms with van der Waals surface area (Å²) in [6.45, 7) is 1.83. The molecule has 2 rings (SSSR count). The van der Waals surface area contributed by atoms with Crippen molar-refractivity contribution >= 4 is 16.9 Å². The molecule has 2 aromatic rings. The van der Waals surface area contributed by atoms with Crippen LogP contribution in [0, 0.1) is 0 Å². The lowest BCUT2D eigenvalue weighted by Crippen LogP contribution is -2.10. The quantitative estimate of drug-likeness (QED) is 0.851. The predicted octanol–water partition coefficient (Wildman–Crippen LogP) is 2.52. The summed E-state index contributed by atoms with van der Waals surface area (Å²) in [6, 6.07) is 6.67. The van der Waals surface area contributed by atoms with Crippen LogP contribution in [0.4, 0.5) is 0 Å². The van der Waals surface area contributed by atoms with Crippen molar-refractivity contribution in [1.82, 2.24) is 4.98 Å². The van der Waals surface area contributed by atoms with Crippen molar-refractivity contribution in [2.45, 2.75) is 19.3 Å². The van der Waals surface area contributed by atoms with E-state index in [9.17, 15) is 15.0 Å². The maximum Gasteiger partial charge on any atom is 0.310 e. The van der Waals surface area contributed by atoms with E-state index in [1.807, 2.05) is 6.92 Å². The van der Waals surface area contributed by atoms with Crippen LogP contribution in [0.5, 0.6) is 5.75 Å². The van der Waals surface area contributed by atoms with E-state index in [1.165, 1.54) is 6.07 Å². The Bertz CT molecular complexity index is 566. The van der Waals surface area contributed by atoms with Gasteiger partial charge in [-0.3, -0.25) is 9.78 Å². The first-order valence-electron chi connectivity index (χ1n) is 5.44. The second kappa shape index (κ2) is 4.41. The Labute approximate surface area is 98.5 Å². The predicted molar refractivity (Wildman–Crippen MR) is 64.1 cm³/mol. The van der Waals surface area contributed by atoms with E-state index in [-0.39, 0.29) is 5.75 Å². The van der Waals surface area contributed by atoms with Crippen molar-refractivity contribution in [1.29, 1.82) is 0 Å². The lowest BCUT2D eigenvalue weighted by atomic mass is 9.93. The molecule has 0 saturated carbocycles. The van der Waals surface area contributed by atoms with Crippen molar-refractivity contribution < 1.29 is 15.0 Å². The van der Waals surface area contributed by atoms with E-state index in [2.05, 4.69) is 4.98 Å². The molecular weight excluding hydrogens is 218 g/mol. The number of carboxylic acid groups (broad SMARTS) is 1. The maximum absolute atomic E-state index is 11.2. The van der Waals surface area contributed by atoms with Gasteiger partial charge in [0, 0.05) is 11.6 Å². The SMILES string of the molecule is CCC(C(=O)O)c1ccc(O)c2ncccc12. The van der Waals surface area contributed by atoms with Crippen molar-refractivity contribution in [2.75, 3.05) is 0 Å². The first-order valence-corrected chi connectivity index (χ1v) is 5.44. The molecule has 1 heterocycles. The molecule has 1 aromatic carbocycles. The molecule has 0 spiro atoms. The smallest absolute Gasteiger partial charge is 0.310 e. The van der Waals surface area contributed by atoms with Gasteiger partial charge >= 0.3 is 5.97 Å². The van der Waals surface area contributed by atoms with E-state index in [4.69, 9.17) is 0 Å². The number of hydrogen-bond donors (Lipinski definition) is 2. The van der Waals surface area contributed by atoms with E-state index >= 15 is 0 Å². The van der Waals surface area contributed by atoms with E-state index in [1.54, 1.807) is 24.4 Å². The van der Waals surface area contributed by atoms with Crippen LogP contribution in [-0.4, -0.2) is 21.2 Å². The van der Waals surface area contributed by atoms with Crippen LogP contribution in [0.3, 0.4) is 0 Å². The molecule has 0 aliphatic rings. The standard InChI is InChI=1S/C13H13NO3/c1-2-8(13(16)17)9-5-6-11(15)12-10(9)4-3-7-14-12/h3-8,15H,2H2,1H3,(H,16,17). The highest BCUT2D eigenvalue weighted by atomic mass is 16.4. The number of aromatic hydroxyl groups is 1. The highest BCUT2D eigenvalue weighted by Gasteiger charge is 2.20. The van der Waals surface area contributed by atoms with Crippen LogP contribution in [-0.2, 0) is 4.79 Å². The molecule has 0 amide bonds. The lowest BCUT2D eigenvalue weighted by Gasteiger charge is -2.13. The number of nitrogens with zero attached hydrogens (tertiary/aromatic N) is 1. The molecule has 88 valence electrons. The largest absolute Gasteiger partial charge is 0.506 e. The average molecular weight is 231 g/mol. The molecule has 1 unspecified atom stereocenters. The minimum absolute atomic E-state index is 0.0737. The third-order valence-corrected chi connectivity index (χ3v) is 2.86. The number of rotatable bonds is 3. The average Bonchev–Trinajstić information content (AvgIpc) is 2.33. The molecule has 4 heteroatoms. The van der Waals surface area contributed by atoms with E-state index < -0.39 is 11.9 Å². The van der Waals surface area contributed by atoms with Gasteiger partial charge < -0.3 is 10.2 Å². The number of aliphatic carboxylic acids is 1. The van der Waals surface area contributed by atoms with Crippen LogP contribution < -0.4 is 0 Å². The molecule has 0 aliphatic carbocycles. The normalized spacial score (nSPS) is 12.5. The van der Waals surface area contributed by atoms with Gasteiger partial charge in [0.1, 0.15) is 11.3 Å². The molecule has 4 nitrogen and oxygen atoms in total. The van der Waals surface area contributed by atoms with Crippen LogP contribution in [0.1, 0.15) is 24.8 Å². The maximum atomic E-state index is 11.2. The minimum atomic E-state index is -0.858. The number of carboxylic acids is 1. The van der Waals surface area contributed by atoms with Gasteiger partial charge in [-0.15, -0.1) is 0 Å². The third-order valence-electron chi connectivity index (χ3n) is 2.86. The third kappa shape index (κ3) is 1.93. The Kier molecular flexibility index (Phi) is 2.95. The summed E-state index contributed by atoms with van der Waals surface area (Å²) in [5, 5.41) is 19.5. The van der Waals surface area contributed by atoms with Gasteiger partial charge in [-0.05, 0) is 24.1 Å². The second-order valence-corrected chi connectivity index (χ2v) is 3.87. The first kappa shape index (κ1) is 11.4. The fourth-order valence-corrected chi connectivity index (χ4v) is 2.01. The minimum Gasteiger partial charge on any atom is -0.506 e. The van der Waals surface area contributed by atoms with Gasteiger partial charge in [0.2, 0.25) is 0 Å². The summed E-state index contributed by atoms with van der Waals surface area (Å²) < 4.78 is 0. The number of benzene rings is 1. The fourth-order valence-electron chi connectivity index (χ4n) is 2.01. The topological polar surface area (TPSA) is 70.4 Å². The number of aromatic nitrogens is 1. The van der Waals surface area contributed by atoms with Crippen LogP contribution >= 0.6 is 0 Å². The molecule has 0 radical (unpaired) electrons. The van der Waals surface area contributed by atoms with Gasteiger partial charge in [0.15, 0.2) is 0 Å². The highest BCUT2D eigenvalue weighted by molar-refractivity contribution is 5.91. The lowest BCUT2D eigenvalue weighted by molar-refractivity contribution is -0.138. The molecule has 1 aromatic heterocycles. The fraction of sp³-hybridized carbons (Fsp3) is 0.231. The zero-order chi connectivity index (χ0) is 12.4. The molecular formula is C13H13NO3. The van der Waals surface area contributed by atoms with Crippen molar-refractivity contribution in [3.8, 4) is 5.75 Å². The summed E-state index contributed by atoms with van der Waals surface area (Å²) in [7, 11) is 0. The highest BCUT2D eigenvalue weighted by Crippen LogP contribution is 2.31. The van der Waals surface area contributed by atoms with Gasteiger partial charge in [0.05, 0.1) is 5.92 Å². The zero-order valence-electron chi connectivity index (χ0n) is 9.42. The summed E-state index contributed by atoms with van der Waals surface area (Å²) in [5.41, 5.74) is 1.14. The first-order chi connectivity index (χ1) is 8.15. The summed E-state index contributed by atoms with van der Waals surface area (Å²) in [5.74, 6) is -1.35. The zero-order valence-corrected chi connectivity index (χ0v) is 9.42. The monoisotopic (exact) mass is 231 g/mol. The summed E-state index contributed by atoms with van der Waals surface area (Å²) in [6.07, 6.45) is 2.08. The number of fused-ring (bicyclic) bond motifs is 1. The Morgan fingerprint density at radius 3 is 2.82 bits per heavy atom. The second-order valence-electron chi connectivity index (χ2n) is 3.87. The summed E-state index contributed by atoms with van der Waals surface area (Å²) in [4.78, 5) is 15.3. The number of phenols is 1. The summed E-state index contributed by atoms with van der Waals surface area (Å²) >= 11 is 0. The molecule has 0 aliphatic heterocycles. The van der Waals surface area contributed by atoms with E-state index in [0.29, 0.717) is 22.9 Å². The molecule has 0 fully saturated rings. The molecule has 2 N–H and O–H groups in total. The Hall–Kier alpha value is -2.10. The van der Waals surface area contributed by atoms with Crippen LogP contribution in [0.25, 0.3) is 10.9 Å².